The third kappa shape index (κ3) is 23.8. The van der Waals surface area contributed by atoms with E-state index in [0.29, 0.717) is 6.42 Å². The van der Waals surface area contributed by atoms with Crippen molar-refractivity contribution in [1.29, 1.82) is 0 Å². The summed E-state index contributed by atoms with van der Waals surface area (Å²) in [6.07, 6.45) is 23.9. The van der Waals surface area contributed by atoms with Crippen LogP contribution in [0.15, 0.2) is 24.3 Å². The zero-order chi connectivity index (χ0) is 27.6. The van der Waals surface area contributed by atoms with E-state index < -0.39 is 20.0 Å². The van der Waals surface area contributed by atoms with E-state index in [1.807, 2.05) is 6.08 Å². The zero-order valence-corrected chi connectivity index (χ0v) is 24.3. The van der Waals surface area contributed by atoms with Crippen LogP contribution >= 0.6 is 7.82 Å². The minimum Gasteiger partial charge on any atom is -0.387 e. The number of phosphoric acid groups is 1. The number of allylic oxidation sites excluding steroid dienone is 3. The smallest absolute Gasteiger partial charge is 0.387 e. The van der Waals surface area contributed by atoms with Gasteiger partial charge in [-0.25, -0.2) is 4.57 Å². The van der Waals surface area contributed by atoms with Gasteiger partial charge in [0.25, 0.3) is 0 Å². The second kappa shape index (κ2) is 25.3. The van der Waals surface area contributed by atoms with Crippen molar-refractivity contribution in [2.24, 2.45) is 5.73 Å². The molecule has 0 rings (SSSR count). The van der Waals surface area contributed by atoms with E-state index >= 15 is 0 Å². The molecule has 0 aliphatic carbocycles. The summed E-state index contributed by atoms with van der Waals surface area (Å²) < 4.78 is 21.8. The van der Waals surface area contributed by atoms with Crippen molar-refractivity contribution in [3.63, 3.8) is 0 Å². The van der Waals surface area contributed by atoms with E-state index in [0.717, 1.165) is 44.9 Å². The average Bonchev–Trinajstić information content (AvgIpc) is 2.87. The quantitative estimate of drug-likeness (QED) is 0.0567. The molecule has 5 N–H and O–H groups in total. The number of carbonyl (C=O) groups excluding carboxylic acids is 1. The molecule has 3 atom stereocenters. The molecule has 37 heavy (non-hydrogen) atoms. The van der Waals surface area contributed by atoms with Gasteiger partial charge in [-0.15, -0.1) is 0 Å². The monoisotopic (exact) mass is 546 g/mol. The van der Waals surface area contributed by atoms with Gasteiger partial charge in [0.1, 0.15) is 0 Å². The lowest BCUT2D eigenvalue weighted by Crippen LogP contribution is -2.45. The van der Waals surface area contributed by atoms with Gasteiger partial charge in [0.15, 0.2) is 0 Å². The highest BCUT2D eigenvalue weighted by atomic mass is 31.2. The predicted octanol–water partition coefficient (Wildman–Crippen LogP) is 6.32. The maximum Gasteiger partial charge on any atom is 0.472 e. The first-order chi connectivity index (χ1) is 17.9. The highest BCUT2D eigenvalue weighted by Crippen LogP contribution is 2.43. The summed E-state index contributed by atoms with van der Waals surface area (Å²) in [7, 11) is -4.32. The highest BCUT2D eigenvalue weighted by Gasteiger charge is 2.26. The number of aliphatic hydroxyl groups excluding tert-OH is 1. The molecule has 8 nitrogen and oxygen atoms in total. The summed E-state index contributed by atoms with van der Waals surface area (Å²) in [5.41, 5.74) is 5.30. The normalized spacial score (nSPS) is 15.3. The fourth-order valence-electron chi connectivity index (χ4n) is 3.80. The Morgan fingerprint density at radius 3 is 2.03 bits per heavy atom. The topological polar surface area (TPSA) is 131 Å². The zero-order valence-electron chi connectivity index (χ0n) is 23.5. The van der Waals surface area contributed by atoms with Crippen LogP contribution in [0, 0.1) is 0 Å². The van der Waals surface area contributed by atoms with E-state index in [-0.39, 0.29) is 25.7 Å². The molecule has 3 unspecified atom stereocenters. The van der Waals surface area contributed by atoms with Crippen molar-refractivity contribution in [3.05, 3.63) is 24.3 Å². The number of phosphoric ester groups is 1. The Morgan fingerprint density at radius 1 is 0.865 bits per heavy atom. The largest absolute Gasteiger partial charge is 0.472 e. The van der Waals surface area contributed by atoms with E-state index in [1.165, 1.54) is 51.4 Å². The molecule has 0 aromatic rings. The number of aliphatic hydroxyl groups is 1. The number of nitrogens with one attached hydrogen (secondary N) is 1. The van der Waals surface area contributed by atoms with E-state index in [1.54, 1.807) is 6.08 Å². The lowest BCUT2D eigenvalue weighted by Gasteiger charge is -2.23. The number of nitrogens with two attached hydrogens (primary N) is 1. The second-order valence-corrected chi connectivity index (χ2v) is 11.1. The van der Waals surface area contributed by atoms with Gasteiger partial charge >= 0.3 is 7.82 Å². The molecule has 0 bridgehead atoms. The van der Waals surface area contributed by atoms with Crippen molar-refractivity contribution in [2.45, 2.75) is 129 Å². The Bertz CT molecular complexity index is 644. The summed E-state index contributed by atoms with van der Waals surface area (Å²) >= 11 is 0. The number of amides is 1. The van der Waals surface area contributed by atoms with Gasteiger partial charge in [0.2, 0.25) is 5.91 Å². The summed E-state index contributed by atoms with van der Waals surface area (Å²) in [6.45, 7) is 3.95. The van der Waals surface area contributed by atoms with Crippen molar-refractivity contribution in [3.8, 4) is 0 Å². The van der Waals surface area contributed by atoms with Crippen LogP contribution in [0.5, 0.6) is 0 Å². The maximum absolute atomic E-state index is 12.5. The van der Waals surface area contributed by atoms with Crippen molar-refractivity contribution < 1.29 is 28.4 Å². The molecule has 0 aliphatic rings. The van der Waals surface area contributed by atoms with E-state index in [9.17, 15) is 19.4 Å². The third-order valence-corrected chi connectivity index (χ3v) is 7.00. The molecule has 1 amide bonds. The minimum atomic E-state index is -4.32. The standard InChI is InChI=1S/C28H55N2O6P/c1-3-5-7-9-11-12-13-14-16-18-20-22-28(32)30-26(25-36-37(33,34)35-24-23-29)27(31)21-19-17-15-10-8-6-4-2/h8,10,19,21,26-27,31H,3-7,9,11-18,20,22-25,29H2,1-2H3,(H,30,32)(H,33,34)/b10-8+,21-19+. The van der Waals surface area contributed by atoms with Crippen LogP contribution in [0.2, 0.25) is 0 Å². The molecule has 0 radical (unpaired) electrons. The number of unbranched alkanes of at least 4 members (excludes halogenated alkanes) is 12. The van der Waals surface area contributed by atoms with Crippen LogP contribution in [0.3, 0.4) is 0 Å². The summed E-state index contributed by atoms with van der Waals surface area (Å²) in [4.78, 5) is 22.3. The van der Waals surface area contributed by atoms with Gasteiger partial charge in [-0.1, -0.05) is 109 Å². The van der Waals surface area contributed by atoms with Gasteiger partial charge in [-0.2, -0.15) is 0 Å². The molecule has 0 heterocycles. The Morgan fingerprint density at radius 2 is 1.43 bits per heavy atom. The Hall–Kier alpha value is -1.02. The molecule has 9 heteroatoms. The molecule has 0 aliphatic heterocycles. The SMILES string of the molecule is CCC/C=C/CC/C=C/C(O)C(COP(=O)(O)OCCN)NC(=O)CCCCCCCCCCCCC. The molecule has 0 spiro atoms. The van der Waals surface area contributed by atoms with Crippen LogP contribution < -0.4 is 11.1 Å². The van der Waals surface area contributed by atoms with Crippen molar-refractivity contribution in [1.82, 2.24) is 5.32 Å². The predicted molar refractivity (Wildman–Crippen MR) is 152 cm³/mol. The Kier molecular flexibility index (Phi) is 24.6. The average molecular weight is 547 g/mol. The first-order valence-corrected chi connectivity index (χ1v) is 16.0. The second-order valence-electron chi connectivity index (χ2n) is 9.60. The van der Waals surface area contributed by atoms with E-state index in [2.05, 4.69) is 31.3 Å². The van der Waals surface area contributed by atoms with Crippen LogP contribution in [-0.2, 0) is 18.4 Å². The molecular weight excluding hydrogens is 491 g/mol. The Labute approximate surface area is 226 Å². The maximum atomic E-state index is 12.5. The number of carbonyl (C=O) groups is 1. The third-order valence-electron chi connectivity index (χ3n) is 6.01. The van der Waals surface area contributed by atoms with Crippen LogP contribution in [0.1, 0.15) is 117 Å². The van der Waals surface area contributed by atoms with Gasteiger partial charge in [-0.05, 0) is 25.7 Å². The summed E-state index contributed by atoms with van der Waals surface area (Å²) in [5, 5.41) is 13.4. The summed E-state index contributed by atoms with van der Waals surface area (Å²) in [6, 6.07) is -0.867. The fourth-order valence-corrected chi connectivity index (χ4v) is 4.56. The van der Waals surface area contributed by atoms with Gasteiger partial charge in [-0.3, -0.25) is 13.8 Å². The van der Waals surface area contributed by atoms with Crippen LogP contribution in [0.25, 0.3) is 0 Å². The first-order valence-electron chi connectivity index (χ1n) is 14.5. The minimum absolute atomic E-state index is 0.0745. The van der Waals surface area contributed by atoms with Gasteiger partial charge in [0, 0.05) is 13.0 Å². The van der Waals surface area contributed by atoms with Gasteiger partial charge in [0.05, 0.1) is 25.4 Å². The molecule has 0 saturated carbocycles. The van der Waals surface area contributed by atoms with Crippen molar-refractivity contribution in [2.75, 3.05) is 19.8 Å². The Balaban J connectivity index is 4.47. The van der Waals surface area contributed by atoms with Crippen LogP contribution in [0.4, 0.5) is 0 Å². The lowest BCUT2D eigenvalue weighted by molar-refractivity contribution is -0.123. The molecule has 218 valence electrons. The van der Waals surface area contributed by atoms with Crippen LogP contribution in [-0.4, -0.2) is 47.8 Å². The summed E-state index contributed by atoms with van der Waals surface area (Å²) in [5.74, 6) is -0.213. The number of rotatable bonds is 26. The highest BCUT2D eigenvalue weighted by molar-refractivity contribution is 7.47. The molecule has 0 saturated heterocycles. The first kappa shape index (κ1) is 36.0. The van der Waals surface area contributed by atoms with Gasteiger partial charge < -0.3 is 21.1 Å². The molecular formula is C28H55N2O6P. The van der Waals surface area contributed by atoms with E-state index in [4.69, 9.17) is 14.8 Å². The lowest BCUT2D eigenvalue weighted by atomic mass is 10.0. The number of hydrogen-bond donors (Lipinski definition) is 4. The molecule has 0 fully saturated rings. The molecule has 0 aromatic carbocycles. The number of hydrogen-bond acceptors (Lipinski definition) is 6. The fraction of sp³-hybridized carbons (Fsp3) is 0.821. The van der Waals surface area contributed by atoms with Crippen molar-refractivity contribution >= 4 is 13.7 Å². The molecule has 0 aromatic heterocycles.